The molecule has 0 aromatic heterocycles. The number of esters is 1. The predicted molar refractivity (Wildman–Crippen MR) is 72.1 cm³/mol. The lowest BCUT2D eigenvalue weighted by atomic mass is 9.92. The maximum Gasteiger partial charge on any atom is 0.323 e. The molecule has 5 atom stereocenters. The number of fused-ring (bicyclic) bond motifs is 2. The summed E-state index contributed by atoms with van der Waals surface area (Å²) in [6.45, 7) is 5.16. The standard InChI is InChI=1S/C15H25NO2/c1-4-10(2)14(15(17)18-3)16-9-13-8-11-5-6-12(13)7-11/h5-6,10-14,16H,4,7-9H2,1-3H3. The summed E-state index contributed by atoms with van der Waals surface area (Å²) >= 11 is 0. The van der Waals surface area contributed by atoms with E-state index in [4.69, 9.17) is 4.74 Å². The van der Waals surface area contributed by atoms with Crippen molar-refractivity contribution in [2.45, 2.75) is 39.2 Å². The molecule has 0 aromatic rings. The minimum Gasteiger partial charge on any atom is -0.468 e. The first-order chi connectivity index (χ1) is 8.65. The van der Waals surface area contributed by atoms with Gasteiger partial charge in [-0.3, -0.25) is 4.79 Å². The van der Waals surface area contributed by atoms with Gasteiger partial charge < -0.3 is 10.1 Å². The average Bonchev–Trinajstić information content (AvgIpc) is 3.00. The number of hydrogen-bond acceptors (Lipinski definition) is 3. The van der Waals surface area contributed by atoms with Crippen LogP contribution in [-0.2, 0) is 9.53 Å². The third-order valence-corrected chi connectivity index (χ3v) is 4.68. The smallest absolute Gasteiger partial charge is 0.323 e. The molecule has 3 nitrogen and oxygen atoms in total. The van der Waals surface area contributed by atoms with E-state index in [1.807, 2.05) is 0 Å². The van der Waals surface area contributed by atoms with E-state index in [2.05, 4.69) is 31.3 Å². The molecule has 0 aliphatic heterocycles. The van der Waals surface area contributed by atoms with Crippen molar-refractivity contribution in [1.82, 2.24) is 5.32 Å². The molecule has 2 rings (SSSR count). The number of methoxy groups -OCH3 is 1. The molecule has 18 heavy (non-hydrogen) atoms. The van der Waals surface area contributed by atoms with Gasteiger partial charge >= 0.3 is 5.97 Å². The molecule has 0 saturated heterocycles. The molecule has 2 aliphatic carbocycles. The Morgan fingerprint density at radius 2 is 2.22 bits per heavy atom. The SMILES string of the molecule is CCC(C)C(NCC1CC2C=CC1C2)C(=O)OC. The summed E-state index contributed by atoms with van der Waals surface area (Å²) in [6.07, 6.45) is 8.30. The van der Waals surface area contributed by atoms with Crippen molar-refractivity contribution in [1.29, 1.82) is 0 Å². The number of carbonyl (C=O) groups excluding carboxylic acids is 1. The second-order valence-corrected chi connectivity index (χ2v) is 5.83. The molecule has 0 heterocycles. The lowest BCUT2D eigenvalue weighted by Crippen LogP contribution is -2.45. The zero-order chi connectivity index (χ0) is 13.1. The van der Waals surface area contributed by atoms with Crippen LogP contribution in [0, 0.1) is 23.7 Å². The van der Waals surface area contributed by atoms with E-state index in [-0.39, 0.29) is 12.0 Å². The van der Waals surface area contributed by atoms with Crippen LogP contribution in [0.1, 0.15) is 33.1 Å². The zero-order valence-electron chi connectivity index (χ0n) is 11.7. The summed E-state index contributed by atoms with van der Waals surface area (Å²) < 4.78 is 4.90. The molecule has 0 spiro atoms. The summed E-state index contributed by atoms with van der Waals surface area (Å²) in [4.78, 5) is 11.8. The van der Waals surface area contributed by atoms with Crippen LogP contribution in [0.4, 0.5) is 0 Å². The molecule has 3 heteroatoms. The molecule has 102 valence electrons. The topological polar surface area (TPSA) is 38.3 Å². The van der Waals surface area contributed by atoms with Crippen molar-refractivity contribution >= 4 is 5.97 Å². The van der Waals surface area contributed by atoms with Gasteiger partial charge in [0.15, 0.2) is 0 Å². The van der Waals surface area contributed by atoms with Gasteiger partial charge in [-0.1, -0.05) is 32.4 Å². The monoisotopic (exact) mass is 251 g/mol. The highest BCUT2D eigenvalue weighted by atomic mass is 16.5. The van der Waals surface area contributed by atoms with E-state index in [0.29, 0.717) is 11.8 Å². The van der Waals surface area contributed by atoms with Gasteiger partial charge in [-0.05, 0) is 43.1 Å². The highest BCUT2D eigenvalue weighted by molar-refractivity contribution is 5.75. The van der Waals surface area contributed by atoms with E-state index >= 15 is 0 Å². The number of carbonyl (C=O) groups is 1. The highest BCUT2D eigenvalue weighted by Gasteiger charge is 2.36. The van der Waals surface area contributed by atoms with Crippen LogP contribution < -0.4 is 5.32 Å². The van der Waals surface area contributed by atoms with Crippen LogP contribution in [0.5, 0.6) is 0 Å². The lowest BCUT2D eigenvalue weighted by molar-refractivity contribution is -0.144. The third-order valence-electron chi connectivity index (χ3n) is 4.68. The molecule has 2 aliphatic rings. The number of ether oxygens (including phenoxy) is 1. The van der Waals surface area contributed by atoms with Crippen LogP contribution in [0.25, 0.3) is 0 Å². The van der Waals surface area contributed by atoms with Gasteiger partial charge in [-0.25, -0.2) is 0 Å². The Balaban J connectivity index is 1.86. The second-order valence-electron chi connectivity index (χ2n) is 5.83. The molecule has 2 bridgehead atoms. The van der Waals surface area contributed by atoms with Crippen molar-refractivity contribution in [3.05, 3.63) is 12.2 Å². The van der Waals surface area contributed by atoms with Gasteiger partial charge in [-0.15, -0.1) is 0 Å². The van der Waals surface area contributed by atoms with E-state index in [1.54, 1.807) is 0 Å². The maximum atomic E-state index is 11.8. The molecule has 0 radical (unpaired) electrons. The first kappa shape index (κ1) is 13.6. The molecular weight excluding hydrogens is 226 g/mol. The Labute approximate surface area is 110 Å². The van der Waals surface area contributed by atoms with E-state index in [9.17, 15) is 4.79 Å². The maximum absolute atomic E-state index is 11.8. The Morgan fingerprint density at radius 1 is 1.44 bits per heavy atom. The normalized spacial score (nSPS) is 32.5. The van der Waals surface area contributed by atoms with Crippen LogP contribution in [0.2, 0.25) is 0 Å². The Hall–Kier alpha value is -0.830. The molecule has 0 amide bonds. The Morgan fingerprint density at radius 3 is 2.72 bits per heavy atom. The molecule has 0 aromatic carbocycles. The van der Waals surface area contributed by atoms with Gasteiger partial charge in [0.25, 0.3) is 0 Å². The van der Waals surface area contributed by atoms with Crippen molar-refractivity contribution in [3.63, 3.8) is 0 Å². The molecule has 1 N–H and O–H groups in total. The van der Waals surface area contributed by atoms with Gasteiger partial charge in [0.2, 0.25) is 0 Å². The predicted octanol–water partition coefficient (Wildman–Crippen LogP) is 2.38. The van der Waals surface area contributed by atoms with E-state index in [1.165, 1.54) is 20.0 Å². The number of hydrogen-bond donors (Lipinski definition) is 1. The second kappa shape index (κ2) is 5.87. The van der Waals surface area contributed by atoms with E-state index < -0.39 is 0 Å². The first-order valence-corrected chi connectivity index (χ1v) is 7.15. The molecule has 1 saturated carbocycles. The van der Waals surface area contributed by atoms with Crippen LogP contribution >= 0.6 is 0 Å². The summed E-state index contributed by atoms with van der Waals surface area (Å²) in [5.74, 6) is 2.44. The van der Waals surface area contributed by atoms with Gasteiger partial charge in [-0.2, -0.15) is 0 Å². The minimum atomic E-state index is -0.150. The summed E-state index contributed by atoms with van der Waals surface area (Å²) in [5, 5.41) is 3.44. The Bertz CT molecular complexity index is 326. The summed E-state index contributed by atoms with van der Waals surface area (Å²) in [5.41, 5.74) is 0. The fraction of sp³-hybridized carbons (Fsp3) is 0.800. The third kappa shape index (κ3) is 2.77. The Kier molecular flexibility index (Phi) is 4.44. The minimum absolute atomic E-state index is 0.122. The van der Waals surface area contributed by atoms with Gasteiger partial charge in [0.1, 0.15) is 6.04 Å². The number of allylic oxidation sites excluding steroid dienone is 2. The van der Waals surface area contributed by atoms with Crippen LogP contribution in [0.15, 0.2) is 12.2 Å². The number of nitrogens with one attached hydrogen (secondary N) is 1. The van der Waals surface area contributed by atoms with Gasteiger partial charge in [0.05, 0.1) is 7.11 Å². The van der Waals surface area contributed by atoms with E-state index in [0.717, 1.165) is 24.8 Å². The highest BCUT2D eigenvalue weighted by Crippen LogP contribution is 2.43. The largest absolute Gasteiger partial charge is 0.468 e. The van der Waals surface area contributed by atoms with Crippen molar-refractivity contribution in [2.75, 3.05) is 13.7 Å². The van der Waals surface area contributed by atoms with Crippen molar-refractivity contribution < 1.29 is 9.53 Å². The lowest BCUT2D eigenvalue weighted by Gasteiger charge is -2.25. The summed E-state index contributed by atoms with van der Waals surface area (Å²) in [7, 11) is 1.47. The summed E-state index contributed by atoms with van der Waals surface area (Å²) in [6, 6.07) is -0.150. The van der Waals surface area contributed by atoms with Crippen LogP contribution in [0.3, 0.4) is 0 Å². The molecule has 5 unspecified atom stereocenters. The fourth-order valence-electron chi connectivity index (χ4n) is 3.29. The first-order valence-electron chi connectivity index (χ1n) is 7.15. The average molecular weight is 251 g/mol. The zero-order valence-corrected chi connectivity index (χ0v) is 11.7. The molecule has 1 fully saturated rings. The van der Waals surface area contributed by atoms with Crippen molar-refractivity contribution in [3.8, 4) is 0 Å². The van der Waals surface area contributed by atoms with Gasteiger partial charge in [0, 0.05) is 0 Å². The quantitative estimate of drug-likeness (QED) is 0.582. The van der Waals surface area contributed by atoms with Crippen molar-refractivity contribution in [2.24, 2.45) is 23.7 Å². The van der Waals surface area contributed by atoms with Crippen LogP contribution in [-0.4, -0.2) is 25.7 Å². The number of rotatable bonds is 6. The fourth-order valence-corrected chi connectivity index (χ4v) is 3.29. The molecular formula is C15H25NO2.